The van der Waals surface area contributed by atoms with Crippen LogP contribution in [-0.2, 0) is 0 Å². The number of nitrogens with zero attached hydrogens (tertiary/aromatic N) is 1. The van der Waals surface area contributed by atoms with Crippen LogP contribution >= 0.6 is 0 Å². The third kappa shape index (κ3) is 2.98. The molecule has 100 valence electrons. The van der Waals surface area contributed by atoms with Gasteiger partial charge in [-0.15, -0.1) is 0 Å². The van der Waals surface area contributed by atoms with Crippen molar-refractivity contribution in [3.63, 3.8) is 0 Å². The lowest BCUT2D eigenvalue weighted by atomic mass is 9.89. The van der Waals surface area contributed by atoms with E-state index in [0.717, 1.165) is 17.5 Å². The molecule has 0 bridgehead atoms. The van der Waals surface area contributed by atoms with Gasteiger partial charge in [0, 0.05) is 24.5 Å². The van der Waals surface area contributed by atoms with Crippen molar-refractivity contribution in [2.75, 3.05) is 23.7 Å². The lowest BCUT2D eigenvalue weighted by Gasteiger charge is -2.24. The van der Waals surface area contributed by atoms with Crippen LogP contribution in [-0.4, -0.2) is 13.1 Å². The molecule has 1 aliphatic heterocycles. The molecule has 1 heterocycles. The van der Waals surface area contributed by atoms with E-state index in [4.69, 9.17) is 5.73 Å². The van der Waals surface area contributed by atoms with Crippen LogP contribution in [0.2, 0.25) is 0 Å². The number of nitrogens with two attached hydrogens (primary N) is 1. The first kappa shape index (κ1) is 13.3. The topological polar surface area (TPSA) is 29.3 Å². The van der Waals surface area contributed by atoms with Crippen LogP contribution in [0, 0.1) is 18.8 Å². The van der Waals surface area contributed by atoms with Crippen molar-refractivity contribution in [3.05, 3.63) is 23.8 Å². The van der Waals surface area contributed by atoms with Gasteiger partial charge in [-0.2, -0.15) is 0 Å². The average Bonchev–Trinajstić information content (AvgIpc) is 2.58. The number of benzene rings is 1. The second-order valence-corrected chi connectivity index (χ2v) is 5.96. The molecule has 1 unspecified atom stereocenters. The molecule has 0 amide bonds. The fourth-order valence-corrected chi connectivity index (χ4v) is 2.87. The molecule has 0 spiro atoms. The summed E-state index contributed by atoms with van der Waals surface area (Å²) in [5, 5.41) is 0. The highest BCUT2D eigenvalue weighted by Gasteiger charge is 2.19. The Balaban J connectivity index is 2.07. The Labute approximate surface area is 111 Å². The summed E-state index contributed by atoms with van der Waals surface area (Å²) in [7, 11) is 0. The maximum absolute atomic E-state index is 6.02. The van der Waals surface area contributed by atoms with Gasteiger partial charge in [-0.3, -0.25) is 0 Å². The molecular formula is C16H26N2. The molecule has 0 saturated carbocycles. The van der Waals surface area contributed by atoms with E-state index in [9.17, 15) is 0 Å². The molecule has 2 rings (SSSR count). The lowest BCUT2D eigenvalue weighted by Crippen LogP contribution is -2.24. The maximum atomic E-state index is 6.02. The number of anilines is 2. The molecule has 1 atom stereocenters. The minimum atomic E-state index is 0.813. The molecule has 0 aromatic heterocycles. The fraction of sp³-hybridized carbons (Fsp3) is 0.625. The molecule has 1 aromatic carbocycles. The summed E-state index contributed by atoms with van der Waals surface area (Å²) in [6.07, 6.45) is 3.98. The van der Waals surface area contributed by atoms with Crippen LogP contribution in [0.5, 0.6) is 0 Å². The zero-order valence-electron chi connectivity index (χ0n) is 11.9. The largest absolute Gasteiger partial charge is 0.398 e. The normalized spacial score (nSPS) is 21.1. The van der Waals surface area contributed by atoms with Crippen molar-refractivity contribution in [2.24, 2.45) is 11.8 Å². The van der Waals surface area contributed by atoms with Crippen LogP contribution in [0.3, 0.4) is 0 Å². The third-order valence-corrected chi connectivity index (χ3v) is 4.34. The van der Waals surface area contributed by atoms with Crippen molar-refractivity contribution >= 4 is 11.4 Å². The summed E-state index contributed by atoms with van der Waals surface area (Å²) in [4.78, 5) is 2.50. The van der Waals surface area contributed by atoms with Crippen molar-refractivity contribution in [1.82, 2.24) is 0 Å². The Morgan fingerprint density at radius 3 is 2.67 bits per heavy atom. The van der Waals surface area contributed by atoms with Gasteiger partial charge in [-0.05, 0) is 55.7 Å². The van der Waals surface area contributed by atoms with Gasteiger partial charge in [0.15, 0.2) is 0 Å². The van der Waals surface area contributed by atoms with Gasteiger partial charge in [0.2, 0.25) is 0 Å². The zero-order valence-corrected chi connectivity index (χ0v) is 11.9. The van der Waals surface area contributed by atoms with Crippen molar-refractivity contribution in [1.29, 1.82) is 0 Å². The second-order valence-electron chi connectivity index (χ2n) is 5.96. The third-order valence-electron chi connectivity index (χ3n) is 4.34. The van der Waals surface area contributed by atoms with Crippen LogP contribution in [0.25, 0.3) is 0 Å². The molecule has 18 heavy (non-hydrogen) atoms. The number of hydrogen-bond donors (Lipinski definition) is 1. The standard InChI is InChI=1S/C16H26N2/c1-12(2)14-5-4-9-18(10-8-14)15-7-6-13(3)16(17)11-15/h6-7,11-12,14H,4-5,8-10,17H2,1-3H3. The van der Waals surface area contributed by atoms with Gasteiger partial charge < -0.3 is 10.6 Å². The van der Waals surface area contributed by atoms with Crippen LogP contribution < -0.4 is 10.6 Å². The van der Waals surface area contributed by atoms with Gasteiger partial charge in [0.05, 0.1) is 0 Å². The van der Waals surface area contributed by atoms with E-state index < -0.39 is 0 Å². The van der Waals surface area contributed by atoms with Gasteiger partial charge >= 0.3 is 0 Å². The fourth-order valence-electron chi connectivity index (χ4n) is 2.87. The maximum Gasteiger partial charge on any atom is 0.0387 e. The molecule has 1 saturated heterocycles. The van der Waals surface area contributed by atoms with Crippen LogP contribution in [0.1, 0.15) is 38.7 Å². The van der Waals surface area contributed by atoms with Gasteiger partial charge in [-0.1, -0.05) is 19.9 Å². The molecule has 2 N–H and O–H groups in total. The van der Waals surface area contributed by atoms with E-state index in [1.54, 1.807) is 0 Å². The Kier molecular flexibility index (Phi) is 4.15. The molecular weight excluding hydrogens is 220 g/mol. The Morgan fingerprint density at radius 1 is 1.22 bits per heavy atom. The second kappa shape index (κ2) is 5.64. The predicted molar refractivity (Wildman–Crippen MR) is 80.0 cm³/mol. The van der Waals surface area contributed by atoms with Crippen molar-refractivity contribution in [2.45, 2.75) is 40.0 Å². The van der Waals surface area contributed by atoms with E-state index in [1.165, 1.54) is 43.6 Å². The molecule has 0 radical (unpaired) electrons. The summed E-state index contributed by atoms with van der Waals surface area (Å²) in [6.45, 7) is 9.11. The number of rotatable bonds is 2. The first-order valence-electron chi connectivity index (χ1n) is 7.19. The summed E-state index contributed by atoms with van der Waals surface area (Å²) in [5.74, 6) is 1.70. The van der Waals surface area contributed by atoms with Crippen LogP contribution in [0.15, 0.2) is 18.2 Å². The van der Waals surface area contributed by atoms with Gasteiger partial charge in [0.25, 0.3) is 0 Å². The smallest absolute Gasteiger partial charge is 0.0387 e. The highest BCUT2D eigenvalue weighted by atomic mass is 15.1. The zero-order chi connectivity index (χ0) is 13.1. The molecule has 1 aliphatic rings. The summed E-state index contributed by atoms with van der Waals surface area (Å²) < 4.78 is 0. The first-order valence-corrected chi connectivity index (χ1v) is 7.19. The monoisotopic (exact) mass is 246 g/mol. The number of nitrogen functional groups attached to an aromatic ring is 1. The van der Waals surface area contributed by atoms with Gasteiger partial charge in [-0.25, -0.2) is 0 Å². The summed E-state index contributed by atoms with van der Waals surface area (Å²) in [6, 6.07) is 6.47. The van der Waals surface area contributed by atoms with E-state index in [-0.39, 0.29) is 0 Å². The van der Waals surface area contributed by atoms with Crippen molar-refractivity contribution < 1.29 is 0 Å². The number of hydrogen-bond acceptors (Lipinski definition) is 2. The number of aryl methyl sites for hydroxylation is 1. The minimum Gasteiger partial charge on any atom is -0.398 e. The first-order chi connectivity index (χ1) is 8.58. The Morgan fingerprint density at radius 2 is 2.00 bits per heavy atom. The Bertz CT molecular complexity index is 398. The quantitative estimate of drug-likeness (QED) is 0.803. The Hall–Kier alpha value is -1.18. The molecule has 0 aliphatic carbocycles. The lowest BCUT2D eigenvalue weighted by molar-refractivity contribution is 0.351. The highest BCUT2D eigenvalue weighted by molar-refractivity contribution is 5.59. The van der Waals surface area contributed by atoms with E-state index in [2.05, 4.69) is 43.9 Å². The highest BCUT2D eigenvalue weighted by Crippen LogP contribution is 2.28. The molecule has 1 fully saturated rings. The van der Waals surface area contributed by atoms with E-state index in [1.807, 2.05) is 0 Å². The molecule has 1 aromatic rings. The molecule has 2 heteroatoms. The predicted octanol–water partition coefficient (Wildman–Crippen LogP) is 3.84. The van der Waals surface area contributed by atoms with E-state index in [0.29, 0.717) is 0 Å². The SMILES string of the molecule is Cc1ccc(N2CCCC(C(C)C)CC2)cc1N. The summed E-state index contributed by atoms with van der Waals surface area (Å²) in [5.41, 5.74) is 9.40. The minimum absolute atomic E-state index is 0.813. The molecule has 2 nitrogen and oxygen atoms in total. The average molecular weight is 246 g/mol. The van der Waals surface area contributed by atoms with E-state index >= 15 is 0 Å². The van der Waals surface area contributed by atoms with Crippen molar-refractivity contribution in [3.8, 4) is 0 Å². The summed E-state index contributed by atoms with van der Waals surface area (Å²) >= 11 is 0. The van der Waals surface area contributed by atoms with Crippen LogP contribution in [0.4, 0.5) is 11.4 Å². The van der Waals surface area contributed by atoms with Gasteiger partial charge in [0.1, 0.15) is 0 Å².